The van der Waals surface area contributed by atoms with Crippen LogP contribution in [0.2, 0.25) is 0 Å². The van der Waals surface area contributed by atoms with Crippen LogP contribution < -0.4 is 10.0 Å². The Hall–Kier alpha value is -1.79. The molecule has 0 bridgehead atoms. The Morgan fingerprint density at radius 1 is 1.10 bits per heavy atom. The first-order chi connectivity index (χ1) is 9.40. The maximum atomic E-state index is 11.6. The lowest BCUT2D eigenvalue weighted by atomic mass is 10.1. The van der Waals surface area contributed by atoms with E-state index in [-0.39, 0.29) is 5.09 Å². The van der Waals surface area contributed by atoms with Gasteiger partial charge in [-0.2, -0.15) is 0 Å². The van der Waals surface area contributed by atoms with E-state index in [1.54, 1.807) is 6.07 Å². The summed E-state index contributed by atoms with van der Waals surface area (Å²) in [5.41, 5.74) is 3.33. The summed E-state index contributed by atoms with van der Waals surface area (Å²) in [6.45, 7) is 4.49. The maximum absolute atomic E-state index is 11.6. The maximum Gasteiger partial charge on any atom is 0.273 e. The average molecular weight is 294 g/mol. The van der Waals surface area contributed by atoms with Gasteiger partial charge in [0.05, 0.1) is 6.54 Å². The molecule has 2 rings (SSSR count). The Morgan fingerprint density at radius 2 is 1.75 bits per heavy atom. The third kappa shape index (κ3) is 3.40. The van der Waals surface area contributed by atoms with E-state index in [4.69, 9.17) is 4.42 Å². The minimum Gasteiger partial charge on any atom is -0.446 e. The van der Waals surface area contributed by atoms with Gasteiger partial charge in [-0.15, -0.1) is 0 Å². The molecular formula is C14H18N2O3S. The molecule has 0 aliphatic carbocycles. The standard InChI is InChI=1S/C14H18N2O3S/c1-10-6-11(2)8-12(7-10)16-9-13-4-5-14(19-13)20(17,18)15-3/h4-8,15-16H,9H2,1-3H3. The van der Waals surface area contributed by atoms with Crippen LogP contribution in [0.25, 0.3) is 0 Å². The quantitative estimate of drug-likeness (QED) is 0.888. The lowest BCUT2D eigenvalue weighted by Gasteiger charge is -2.07. The summed E-state index contributed by atoms with van der Waals surface area (Å²) in [4.78, 5) is 0. The summed E-state index contributed by atoms with van der Waals surface area (Å²) < 4.78 is 30.6. The first kappa shape index (κ1) is 14.6. The van der Waals surface area contributed by atoms with Gasteiger partial charge < -0.3 is 9.73 Å². The van der Waals surface area contributed by atoms with Crippen LogP contribution in [-0.2, 0) is 16.6 Å². The lowest BCUT2D eigenvalue weighted by molar-refractivity contribution is 0.417. The highest BCUT2D eigenvalue weighted by Crippen LogP contribution is 2.17. The van der Waals surface area contributed by atoms with Crippen molar-refractivity contribution in [1.29, 1.82) is 0 Å². The minimum absolute atomic E-state index is 0.0720. The molecule has 2 N–H and O–H groups in total. The number of benzene rings is 1. The predicted octanol–water partition coefficient (Wildman–Crippen LogP) is 2.42. The van der Waals surface area contributed by atoms with E-state index >= 15 is 0 Å². The number of rotatable bonds is 5. The van der Waals surface area contributed by atoms with Crippen molar-refractivity contribution in [3.63, 3.8) is 0 Å². The van der Waals surface area contributed by atoms with Crippen LogP contribution in [0, 0.1) is 13.8 Å². The van der Waals surface area contributed by atoms with Crippen molar-refractivity contribution in [2.24, 2.45) is 0 Å². The van der Waals surface area contributed by atoms with Crippen molar-refractivity contribution < 1.29 is 12.8 Å². The van der Waals surface area contributed by atoms with Crippen LogP contribution in [0.1, 0.15) is 16.9 Å². The Bertz CT molecular complexity index is 685. The third-order valence-corrected chi connectivity index (χ3v) is 4.15. The van der Waals surface area contributed by atoms with Crippen LogP contribution in [0.4, 0.5) is 5.69 Å². The molecule has 0 saturated heterocycles. The predicted molar refractivity (Wildman–Crippen MR) is 78.2 cm³/mol. The second-order valence-electron chi connectivity index (χ2n) is 4.66. The summed E-state index contributed by atoms with van der Waals surface area (Å²) in [6.07, 6.45) is 0. The van der Waals surface area contributed by atoms with Gasteiger partial charge in [0.1, 0.15) is 5.76 Å². The van der Waals surface area contributed by atoms with Gasteiger partial charge in [-0.3, -0.25) is 0 Å². The van der Waals surface area contributed by atoms with Crippen molar-refractivity contribution in [2.75, 3.05) is 12.4 Å². The van der Waals surface area contributed by atoms with Gasteiger partial charge in [0, 0.05) is 5.69 Å². The molecule has 0 radical (unpaired) electrons. The Labute approximate surface area is 119 Å². The van der Waals surface area contributed by atoms with E-state index in [2.05, 4.69) is 16.1 Å². The average Bonchev–Trinajstić information content (AvgIpc) is 2.85. The number of hydrogen-bond donors (Lipinski definition) is 2. The molecule has 0 amide bonds. The molecule has 0 aliphatic rings. The fourth-order valence-electron chi connectivity index (χ4n) is 1.96. The molecule has 0 unspecified atom stereocenters. The highest BCUT2D eigenvalue weighted by molar-refractivity contribution is 7.89. The molecule has 0 fully saturated rings. The van der Waals surface area contributed by atoms with Crippen LogP contribution in [0.5, 0.6) is 0 Å². The summed E-state index contributed by atoms with van der Waals surface area (Å²) in [6, 6.07) is 9.25. The molecular weight excluding hydrogens is 276 g/mol. The smallest absolute Gasteiger partial charge is 0.273 e. The van der Waals surface area contributed by atoms with Gasteiger partial charge in [-0.25, -0.2) is 13.1 Å². The number of aryl methyl sites for hydroxylation is 2. The van der Waals surface area contributed by atoms with Crippen molar-refractivity contribution in [1.82, 2.24) is 4.72 Å². The van der Waals surface area contributed by atoms with Crippen LogP contribution in [-0.4, -0.2) is 15.5 Å². The van der Waals surface area contributed by atoms with Crippen molar-refractivity contribution >= 4 is 15.7 Å². The zero-order chi connectivity index (χ0) is 14.8. The van der Waals surface area contributed by atoms with Crippen LogP contribution >= 0.6 is 0 Å². The van der Waals surface area contributed by atoms with Crippen molar-refractivity contribution in [2.45, 2.75) is 25.5 Å². The molecule has 1 aromatic carbocycles. The molecule has 6 heteroatoms. The number of nitrogens with one attached hydrogen (secondary N) is 2. The Morgan fingerprint density at radius 3 is 2.35 bits per heavy atom. The topological polar surface area (TPSA) is 71.3 Å². The molecule has 0 saturated carbocycles. The van der Waals surface area contributed by atoms with E-state index in [1.165, 1.54) is 24.2 Å². The minimum atomic E-state index is -3.52. The van der Waals surface area contributed by atoms with Gasteiger partial charge in [-0.1, -0.05) is 6.07 Å². The molecule has 1 aromatic heterocycles. The summed E-state index contributed by atoms with van der Waals surface area (Å²) in [5.74, 6) is 0.568. The van der Waals surface area contributed by atoms with Crippen molar-refractivity contribution in [3.8, 4) is 0 Å². The molecule has 1 heterocycles. The first-order valence-corrected chi connectivity index (χ1v) is 7.73. The lowest BCUT2D eigenvalue weighted by Crippen LogP contribution is -2.17. The van der Waals surface area contributed by atoms with Crippen molar-refractivity contribution in [3.05, 3.63) is 47.2 Å². The highest BCUT2D eigenvalue weighted by Gasteiger charge is 2.16. The number of sulfonamides is 1. The van der Waals surface area contributed by atoms with E-state index in [0.29, 0.717) is 12.3 Å². The van der Waals surface area contributed by atoms with E-state index in [9.17, 15) is 8.42 Å². The molecule has 20 heavy (non-hydrogen) atoms. The van der Waals surface area contributed by atoms with Gasteiger partial charge in [-0.05, 0) is 56.3 Å². The molecule has 5 nitrogen and oxygen atoms in total. The highest BCUT2D eigenvalue weighted by atomic mass is 32.2. The van der Waals surface area contributed by atoms with E-state index in [1.807, 2.05) is 26.0 Å². The Balaban J connectivity index is 2.08. The van der Waals surface area contributed by atoms with Crippen LogP contribution in [0.15, 0.2) is 39.8 Å². The second-order valence-corrected chi connectivity index (χ2v) is 6.48. The monoisotopic (exact) mass is 294 g/mol. The molecule has 108 valence electrons. The number of hydrogen-bond acceptors (Lipinski definition) is 4. The zero-order valence-electron chi connectivity index (χ0n) is 11.7. The van der Waals surface area contributed by atoms with Gasteiger partial charge >= 0.3 is 0 Å². The molecule has 0 spiro atoms. The van der Waals surface area contributed by atoms with Gasteiger partial charge in [0.2, 0.25) is 5.09 Å². The van der Waals surface area contributed by atoms with E-state index < -0.39 is 10.0 Å². The fraction of sp³-hybridized carbons (Fsp3) is 0.286. The van der Waals surface area contributed by atoms with E-state index in [0.717, 1.165) is 5.69 Å². The molecule has 0 atom stereocenters. The normalized spacial score (nSPS) is 11.6. The van der Waals surface area contributed by atoms with Gasteiger partial charge in [0.15, 0.2) is 0 Å². The Kier molecular flexibility index (Phi) is 4.15. The molecule has 0 aliphatic heterocycles. The largest absolute Gasteiger partial charge is 0.446 e. The van der Waals surface area contributed by atoms with Crippen LogP contribution in [0.3, 0.4) is 0 Å². The summed E-state index contributed by atoms with van der Waals surface area (Å²) in [5, 5.41) is 3.14. The zero-order valence-corrected chi connectivity index (χ0v) is 12.5. The summed E-state index contributed by atoms with van der Waals surface area (Å²) >= 11 is 0. The first-order valence-electron chi connectivity index (χ1n) is 6.25. The number of anilines is 1. The SMILES string of the molecule is CNS(=O)(=O)c1ccc(CNc2cc(C)cc(C)c2)o1. The summed E-state index contributed by atoms with van der Waals surface area (Å²) in [7, 11) is -2.17. The third-order valence-electron chi connectivity index (χ3n) is 2.86. The fourth-order valence-corrected chi connectivity index (χ4v) is 2.63. The number of furan rings is 1. The molecule has 2 aromatic rings. The van der Waals surface area contributed by atoms with Gasteiger partial charge in [0.25, 0.3) is 10.0 Å². The second kappa shape index (κ2) is 5.68.